The fourth-order valence-corrected chi connectivity index (χ4v) is 1.90. The van der Waals surface area contributed by atoms with Crippen LogP contribution in [0.3, 0.4) is 0 Å². The Bertz CT molecular complexity index is 279. The first-order valence-corrected chi connectivity index (χ1v) is 6.33. The van der Waals surface area contributed by atoms with E-state index in [4.69, 9.17) is 0 Å². The van der Waals surface area contributed by atoms with Crippen molar-refractivity contribution in [2.75, 3.05) is 19.6 Å². The predicted molar refractivity (Wildman–Crippen MR) is 66.6 cm³/mol. The summed E-state index contributed by atoms with van der Waals surface area (Å²) in [5.74, 6) is 0.0304. The molecule has 1 aliphatic rings. The molecule has 1 heterocycles. The molecule has 1 atom stereocenters. The van der Waals surface area contributed by atoms with E-state index in [1.165, 1.54) is 0 Å². The molecule has 17 heavy (non-hydrogen) atoms. The summed E-state index contributed by atoms with van der Waals surface area (Å²) in [4.78, 5) is 25.0. The molecule has 0 spiro atoms. The molecule has 0 aromatic rings. The number of carbonyl (C=O) groups is 2. The van der Waals surface area contributed by atoms with Crippen molar-refractivity contribution in [2.24, 2.45) is 0 Å². The molecular weight excluding hydrogens is 218 g/mol. The van der Waals surface area contributed by atoms with Gasteiger partial charge in [-0.3, -0.25) is 9.59 Å². The molecule has 5 nitrogen and oxygen atoms in total. The van der Waals surface area contributed by atoms with E-state index in [-0.39, 0.29) is 17.9 Å². The van der Waals surface area contributed by atoms with Gasteiger partial charge in [-0.25, -0.2) is 0 Å². The number of rotatable bonds is 5. The van der Waals surface area contributed by atoms with E-state index < -0.39 is 0 Å². The van der Waals surface area contributed by atoms with Gasteiger partial charge in [-0.15, -0.1) is 0 Å². The van der Waals surface area contributed by atoms with Gasteiger partial charge in [-0.1, -0.05) is 13.8 Å². The van der Waals surface area contributed by atoms with Gasteiger partial charge in [0.2, 0.25) is 11.8 Å². The molecule has 0 aromatic heterocycles. The Morgan fingerprint density at radius 1 is 1.59 bits per heavy atom. The topological polar surface area (TPSA) is 61.4 Å². The number of hydrogen-bond acceptors (Lipinski definition) is 3. The average molecular weight is 241 g/mol. The lowest BCUT2D eigenvalue weighted by Gasteiger charge is -2.32. The second-order valence-corrected chi connectivity index (χ2v) is 4.77. The van der Waals surface area contributed by atoms with Crippen molar-refractivity contribution in [3.05, 3.63) is 0 Å². The summed E-state index contributed by atoms with van der Waals surface area (Å²) in [5.41, 5.74) is 0. The Kier molecular flexibility index (Phi) is 5.41. The number of hydrogen-bond donors (Lipinski definition) is 2. The van der Waals surface area contributed by atoms with Crippen LogP contribution in [0.25, 0.3) is 0 Å². The fraction of sp³-hybridized carbons (Fsp3) is 0.833. The third-order valence-electron chi connectivity index (χ3n) is 2.94. The van der Waals surface area contributed by atoms with Crippen LogP contribution in [0.4, 0.5) is 0 Å². The molecule has 5 heteroatoms. The highest BCUT2D eigenvalue weighted by atomic mass is 16.2. The van der Waals surface area contributed by atoms with Gasteiger partial charge in [0, 0.05) is 25.6 Å². The van der Waals surface area contributed by atoms with E-state index in [2.05, 4.69) is 24.5 Å². The van der Waals surface area contributed by atoms with Crippen molar-refractivity contribution < 1.29 is 9.59 Å². The minimum atomic E-state index is -0.325. The molecule has 1 unspecified atom stereocenters. The maximum Gasteiger partial charge on any atom is 0.242 e. The van der Waals surface area contributed by atoms with Crippen LogP contribution in [-0.2, 0) is 9.59 Å². The lowest BCUT2D eigenvalue weighted by molar-refractivity contribution is -0.142. The Balaban J connectivity index is 2.29. The Labute approximate surface area is 103 Å². The van der Waals surface area contributed by atoms with Crippen LogP contribution in [0.2, 0.25) is 0 Å². The van der Waals surface area contributed by atoms with Crippen molar-refractivity contribution in [1.82, 2.24) is 15.5 Å². The molecule has 1 fully saturated rings. The van der Waals surface area contributed by atoms with Crippen molar-refractivity contribution >= 4 is 11.8 Å². The highest BCUT2D eigenvalue weighted by Crippen LogP contribution is 2.07. The smallest absolute Gasteiger partial charge is 0.242 e. The molecule has 2 N–H and O–H groups in total. The molecule has 0 saturated carbocycles. The summed E-state index contributed by atoms with van der Waals surface area (Å²) in [6.45, 7) is 7.98. The van der Waals surface area contributed by atoms with Gasteiger partial charge in [0.25, 0.3) is 0 Å². The third-order valence-corrected chi connectivity index (χ3v) is 2.94. The lowest BCUT2D eigenvalue weighted by atomic mass is 10.1. The number of nitrogens with zero attached hydrogens (tertiary/aromatic N) is 1. The maximum atomic E-state index is 11.9. The summed E-state index contributed by atoms with van der Waals surface area (Å²) < 4.78 is 0. The SMILES string of the molecule is CC(C)NCCCC(=O)N1CCNC(=O)C1C. The predicted octanol–water partition coefficient (Wildman–Crippen LogP) is 0.112. The highest BCUT2D eigenvalue weighted by Gasteiger charge is 2.28. The average Bonchev–Trinajstić information content (AvgIpc) is 2.27. The zero-order valence-corrected chi connectivity index (χ0v) is 11.0. The number of amides is 2. The molecule has 1 rings (SSSR count). The van der Waals surface area contributed by atoms with E-state index in [9.17, 15) is 9.59 Å². The summed E-state index contributed by atoms with van der Waals surface area (Å²) in [7, 11) is 0. The zero-order chi connectivity index (χ0) is 12.8. The molecule has 1 saturated heterocycles. The Hall–Kier alpha value is -1.10. The largest absolute Gasteiger partial charge is 0.353 e. The highest BCUT2D eigenvalue weighted by molar-refractivity contribution is 5.88. The van der Waals surface area contributed by atoms with Crippen molar-refractivity contribution in [1.29, 1.82) is 0 Å². The first kappa shape index (κ1) is 14.0. The number of carbonyl (C=O) groups excluding carboxylic acids is 2. The first-order chi connectivity index (χ1) is 8.02. The lowest BCUT2D eigenvalue weighted by Crippen LogP contribution is -2.55. The second-order valence-electron chi connectivity index (χ2n) is 4.77. The monoisotopic (exact) mass is 241 g/mol. The summed E-state index contributed by atoms with van der Waals surface area (Å²) in [5, 5.41) is 6.03. The standard InChI is InChI=1S/C12H23N3O2/c1-9(2)13-6-4-5-11(16)15-8-7-14-12(17)10(15)3/h9-10,13H,4-8H2,1-3H3,(H,14,17). The van der Waals surface area contributed by atoms with E-state index in [0.717, 1.165) is 13.0 Å². The fourth-order valence-electron chi connectivity index (χ4n) is 1.90. The van der Waals surface area contributed by atoms with E-state index in [1.807, 2.05) is 0 Å². The van der Waals surface area contributed by atoms with Gasteiger partial charge < -0.3 is 15.5 Å². The molecular formula is C12H23N3O2. The van der Waals surface area contributed by atoms with Crippen molar-refractivity contribution in [3.8, 4) is 0 Å². The minimum absolute atomic E-state index is 0.0510. The van der Waals surface area contributed by atoms with Gasteiger partial charge in [0.15, 0.2) is 0 Å². The first-order valence-electron chi connectivity index (χ1n) is 6.33. The summed E-state index contributed by atoms with van der Waals surface area (Å²) in [6.07, 6.45) is 1.33. The van der Waals surface area contributed by atoms with E-state index >= 15 is 0 Å². The molecule has 1 aliphatic heterocycles. The van der Waals surface area contributed by atoms with Crippen LogP contribution >= 0.6 is 0 Å². The summed E-state index contributed by atoms with van der Waals surface area (Å²) in [6, 6.07) is 0.124. The molecule has 2 amide bonds. The van der Waals surface area contributed by atoms with Gasteiger partial charge in [0.1, 0.15) is 6.04 Å². The molecule has 0 bridgehead atoms. The van der Waals surface area contributed by atoms with Crippen LogP contribution in [-0.4, -0.2) is 48.4 Å². The number of piperazine rings is 1. The minimum Gasteiger partial charge on any atom is -0.353 e. The van der Waals surface area contributed by atoms with Gasteiger partial charge >= 0.3 is 0 Å². The summed E-state index contributed by atoms with van der Waals surface area (Å²) >= 11 is 0. The third kappa shape index (κ3) is 4.34. The van der Waals surface area contributed by atoms with Gasteiger partial charge in [-0.05, 0) is 19.9 Å². The van der Waals surface area contributed by atoms with Gasteiger partial charge in [0.05, 0.1) is 0 Å². The second kappa shape index (κ2) is 6.59. The van der Waals surface area contributed by atoms with Crippen LogP contribution in [0.1, 0.15) is 33.6 Å². The van der Waals surface area contributed by atoms with E-state index in [1.54, 1.807) is 11.8 Å². The van der Waals surface area contributed by atoms with Gasteiger partial charge in [-0.2, -0.15) is 0 Å². The van der Waals surface area contributed by atoms with E-state index in [0.29, 0.717) is 25.6 Å². The molecule has 0 radical (unpaired) electrons. The molecule has 98 valence electrons. The maximum absolute atomic E-state index is 11.9. The quantitative estimate of drug-likeness (QED) is 0.672. The zero-order valence-electron chi connectivity index (χ0n) is 11.0. The van der Waals surface area contributed by atoms with Crippen LogP contribution in [0.5, 0.6) is 0 Å². The van der Waals surface area contributed by atoms with Crippen LogP contribution < -0.4 is 10.6 Å². The number of nitrogens with one attached hydrogen (secondary N) is 2. The Morgan fingerprint density at radius 2 is 2.29 bits per heavy atom. The van der Waals surface area contributed by atoms with Crippen molar-refractivity contribution in [3.63, 3.8) is 0 Å². The van der Waals surface area contributed by atoms with Crippen LogP contribution in [0.15, 0.2) is 0 Å². The van der Waals surface area contributed by atoms with Crippen LogP contribution in [0, 0.1) is 0 Å². The molecule has 0 aliphatic carbocycles. The normalized spacial score (nSPS) is 20.6. The Morgan fingerprint density at radius 3 is 2.94 bits per heavy atom. The van der Waals surface area contributed by atoms with Crippen molar-refractivity contribution in [2.45, 2.75) is 45.7 Å². The molecule has 0 aromatic carbocycles.